The SMILES string of the molecule is Cc1ccc(O)c2c1C(C)CC2NC1CCCCCC1O. The molecule has 0 spiro atoms. The molecule has 0 aromatic heterocycles. The van der Waals surface area contributed by atoms with E-state index < -0.39 is 0 Å². The zero-order chi connectivity index (χ0) is 15.0. The molecule has 3 heteroatoms. The molecule has 116 valence electrons. The molecule has 2 aliphatic rings. The third kappa shape index (κ3) is 2.82. The van der Waals surface area contributed by atoms with E-state index >= 15 is 0 Å². The molecule has 0 amide bonds. The van der Waals surface area contributed by atoms with Crippen LogP contribution in [0.25, 0.3) is 0 Å². The summed E-state index contributed by atoms with van der Waals surface area (Å²) in [5, 5.41) is 24.3. The van der Waals surface area contributed by atoms with Crippen molar-refractivity contribution in [2.45, 2.75) is 76.5 Å². The van der Waals surface area contributed by atoms with Crippen molar-refractivity contribution in [3.63, 3.8) is 0 Å². The maximum Gasteiger partial charge on any atom is 0.120 e. The van der Waals surface area contributed by atoms with Gasteiger partial charge in [-0.05, 0) is 49.3 Å². The van der Waals surface area contributed by atoms with E-state index in [0.717, 1.165) is 31.2 Å². The van der Waals surface area contributed by atoms with Crippen LogP contribution in [0.5, 0.6) is 5.75 Å². The van der Waals surface area contributed by atoms with Crippen molar-refractivity contribution in [3.8, 4) is 5.75 Å². The molecule has 0 aliphatic heterocycles. The topological polar surface area (TPSA) is 52.5 Å². The molecule has 3 nitrogen and oxygen atoms in total. The summed E-state index contributed by atoms with van der Waals surface area (Å²) in [6.07, 6.45) is 6.22. The Labute approximate surface area is 127 Å². The van der Waals surface area contributed by atoms with E-state index in [-0.39, 0.29) is 18.2 Å². The van der Waals surface area contributed by atoms with Crippen LogP contribution >= 0.6 is 0 Å². The minimum absolute atomic E-state index is 0.163. The van der Waals surface area contributed by atoms with Gasteiger partial charge in [0.05, 0.1) is 6.10 Å². The predicted octanol–water partition coefficient (Wildman–Crippen LogP) is 3.53. The van der Waals surface area contributed by atoms with Crippen LogP contribution in [0.1, 0.15) is 74.1 Å². The largest absolute Gasteiger partial charge is 0.508 e. The first-order valence-corrected chi connectivity index (χ1v) is 8.34. The Hall–Kier alpha value is -1.06. The smallest absolute Gasteiger partial charge is 0.120 e. The van der Waals surface area contributed by atoms with Gasteiger partial charge in [-0.2, -0.15) is 0 Å². The summed E-state index contributed by atoms with van der Waals surface area (Å²) in [5.74, 6) is 0.869. The second-order valence-corrected chi connectivity index (χ2v) is 6.90. The molecule has 1 fully saturated rings. The summed E-state index contributed by atoms with van der Waals surface area (Å²) in [4.78, 5) is 0. The highest BCUT2D eigenvalue weighted by Crippen LogP contribution is 2.46. The molecule has 0 saturated heterocycles. The molecule has 1 saturated carbocycles. The Morgan fingerprint density at radius 3 is 2.67 bits per heavy atom. The van der Waals surface area contributed by atoms with E-state index in [9.17, 15) is 10.2 Å². The second kappa shape index (κ2) is 5.98. The lowest BCUT2D eigenvalue weighted by Gasteiger charge is -2.26. The van der Waals surface area contributed by atoms with Gasteiger partial charge in [-0.3, -0.25) is 0 Å². The Morgan fingerprint density at radius 1 is 1.10 bits per heavy atom. The molecular weight excluding hydrogens is 262 g/mol. The number of fused-ring (bicyclic) bond motifs is 1. The van der Waals surface area contributed by atoms with E-state index in [4.69, 9.17) is 0 Å². The van der Waals surface area contributed by atoms with Gasteiger partial charge in [-0.25, -0.2) is 0 Å². The van der Waals surface area contributed by atoms with E-state index in [1.54, 1.807) is 0 Å². The first-order valence-electron chi connectivity index (χ1n) is 8.34. The highest BCUT2D eigenvalue weighted by atomic mass is 16.3. The zero-order valence-electron chi connectivity index (χ0n) is 13.1. The highest BCUT2D eigenvalue weighted by Gasteiger charge is 2.34. The second-order valence-electron chi connectivity index (χ2n) is 6.90. The van der Waals surface area contributed by atoms with Crippen LogP contribution < -0.4 is 5.32 Å². The monoisotopic (exact) mass is 289 g/mol. The number of phenolic OH excluding ortho intramolecular Hbond substituents is 1. The van der Waals surface area contributed by atoms with Gasteiger partial charge >= 0.3 is 0 Å². The van der Waals surface area contributed by atoms with Crippen LogP contribution in [0.2, 0.25) is 0 Å². The number of hydrogen-bond donors (Lipinski definition) is 3. The summed E-state index contributed by atoms with van der Waals surface area (Å²) in [7, 11) is 0. The lowest BCUT2D eigenvalue weighted by atomic mass is 9.97. The Balaban J connectivity index is 1.84. The Bertz CT molecular complexity index is 514. The van der Waals surface area contributed by atoms with Crippen molar-refractivity contribution >= 4 is 0 Å². The summed E-state index contributed by atoms with van der Waals surface area (Å²) in [6, 6.07) is 4.15. The summed E-state index contributed by atoms with van der Waals surface area (Å²) in [5.41, 5.74) is 3.63. The third-order valence-corrected chi connectivity index (χ3v) is 5.31. The maximum absolute atomic E-state index is 10.3. The number of aromatic hydroxyl groups is 1. The van der Waals surface area contributed by atoms with Gasteiger partial charge in [0.15, 0.2) is 0 Å². The van der Waals surface area contributed by atoms with Gasteiger partial charge in [0.2, 0.25) is 0 Å². The quantitative estimate of drug-likeness (QED) is 0.730. The van der Waals surface area contributed by atoms with Crippen molar-refractivity contribution in [2.24, 2.45) is 0 Å². The molecule has 4 atom stereocenters. The number of aliphatic hydroxyl groups excluding tert-OH is 1. The van der Waals surface area contributed by atoms with Crippen molar-refractivity contribution in [1.29, 1.82) is 0 Å². The van der Waals surface area contributed by atoms with Crippen LogP contribution in [0.4, 0.5) is 0 Å². The maximum atomic E-state index is 10.3. The molecule has 4 unspecified atom stereocenters. The lowest BCUT2D eigenvalue weighted by molar-refractivity contribution is 0.113. The van der Waals surface area contributed by atoms with Gasteiger partial charge in [-0.15, -0.1) is 0 Å². The fourth-order valence-electron chi connectivity index (χ4n) is 4.24. The number of aliphatic hydroxyl groups is 1. The molecule has 1 aromatic carbocycles. The average Bonchev–Trinajstić information content (AvgIpc) is 2.65. The fourth-order valence-corrected chi connectivity index (χ4v) is 4.24. The van der Waals surface area contributed by atoms with Crippen molar-refractivity contribution in [2.75, 3.05) is 0 Å². The van der Waals surface area contributed by atoms with Crippen LogP contribution in [-0.2, 0) is 0 Å². The minimum Gasteiger partial charge on any atom is -0.508 e. The van der Waals surface area contributed by atoms with E-state index in [2.05, 4.69) is 19.2 Å². The third-order valence-electron chi connectivity index (χ3n) is 5.31. The number of phenols is 1. The van der Waals surface area contributed by atoms with Crippen molar-refractivity contribution in [3.05, 3.63) is 28.8 Å². The highest BCUT2D eigenvalue weighted by molar-refractivity contribution is 5.50. The van der Waals surface area contributed by atoms with Crippen molar-refractivity contribution < 1.29 is 10.2 Å². The Kier molecular flexibility index (Phi) is 4.23. The van der Waals surface area contributed by atoms with Crippen LogP contribution in [0, 0.1) is 6.92 Å². The zero-order valence-corrected chi connectivity index (χ0v) is 13.1. The molecule has 1 aromatic rings. The first-order chi connectivity index (χ1) is 10.1. The van der Waals surface area contributed by atoms with Gasteiger partial charge < -0.3 is 15.5 Å². The van der Waals surface area contributed by atoms with Crippen molar-refractivity contribution in [1.82, 2.24) is 5.32 Å². The van der Waals surface area contributed by atoms with E-state index in [1.165, 1.54) is 24.0 Å². The molecule has 3 N–H and O–H groups in total. The Morgan fingerprint density at radius 2 is 1.86 bits per heavy atom. The standard InChI is InChI=1S/C18H27NO2/c1-11-8-9-16(21)18-14(10-12(2)17(11)18)19-13-6-4-3-5-7-15(13)20/h8-9,12-15,19-21H,3-7,10H2,1-2H3. The number of hydrogen-bond acceptors (Lipinski definition) is 3. The van der Waals surface area contributed by atoms with Gasteiger partial charge in [-0.1, -0.05) is 32.3 Å². The molecule has 21 heavy (non-hydrogen) atoms. The number of rotatable bonds is 2. The molecule has 0 radical (unpaired) electrons. The normalized spacial score (nSPS) is 32.7. The van der Waals surface area contributed by atoms with Gasteiger partial charge in [0.25, 0.3) is 0 Å². The van der Waals surface area contributed by atoms with E-state index in [0.29, 0.717) is 11.7 Å². The van der Waals surface area contributed by atoms with Gasteiger partial charge in [0.1, 0.15) is 5.75 Å². The van der Waals surface area contributed by atoms with Crippen LogP contribution in [-0.4, -0.2) is 22.4 Å². The van der Waals surface area contributed by atoms with E-state index in [1.807, 2.05) is 12.1 Å². The number of nitrogens with one attached hydrogen (secondary N) is 1. The lowest BCUT2D eigenvalue weighted by Crippen LogP contribution is -2.40. The summed E-state index contributed by atoms with van der Waals surface area (Å²) < 4.78 is 0. The van der Waals surface area contributed by atoms with Gasteiger partial charge in [0, 0.05) is 17.6 Å². The summed E-state index contributed by atoms with van der Waals surface area (Å²) in [6.45, 7) is 4.36. The minimum atomic E-state index is -0.251. The molecule has 2 aliphatic carbocycles. The molecule has 3 rings (SSSR count). The number of benzene rings is 1. The first kappa shape index (κ1) is 14.9. The predicted molar refractivity (Wildman–Crippen MR) is 84.6 cm³/mol. The molecule has 0 bridgehead atoms. The molecule has 0 heterocycles. The van der Waals surface area contributed by atoms with Crippen LogP contribution in [0.15, 0.2) is 12.1 Å². The fraction of sp³-hybridized carbons (Fsp3) is 0.667. The number of aryl methyl sites for hydroxylation is 1. The molecular formula is C18H27NO2. The summed E-state index contributed by atoms with van der Waals surface area (Å²) >= 11 is 0. The van der Waals surface area contributed by atoms with Crippen LogP contribution in [0.3, 0.4) is 0 Å². The average molecular weight is 289 g/mol.